The molecule has 0 aromatic carbocycles. The summed E-state index contributed by atoms with van der Waals surface area (Å²) in [6.45, 7) is 5.54. The summed E-state index contributed by atoms with van der Waals surface area (Å²) < 4.78 is 0. The standard InChI is InChI=1S/C8H19N3O/c1-8(2,7-11-12)10-6-4-3-5-9/h7,10,12H,3-6,9H2,1-2H3/b11-7+. The summed E-state index contributed by atoms with van der Waals surface area (Å²) in [5.74, 6) is 0. The van der Waals surface area contributed by atoms with Crippen LogP contribution in [-0.2, 0) is 0 Å². The predicted molar refractivity (Wildman–Crippen MR) is 50.6 cm³/mol. The highest BCUT2D eigenvalue weighted by Crippen LogP contribution is 1.97. The van der Waals surface area contributed by atoms with Crippen LogP contribution in [0.3, 0.4) is 0 Å². The van der Waals surface area contributed by atoms with Crippen LogP contribution < -0.4 is 11.1 Å². The van der Waals surface area contributed by atoms with Crippen LogP contribution in [0.4, 0.5) is 0 Å². The summed E-state index contributed by atoms with van der Waals surface area (Å²) >= 11 is 0. The Morgan fingerprint density at radius 1 is 1.50 bits per heavy atom. The van der Waals surface area contributed by atoms with Gasteiger partial charge < -0.3 is 16.3 Å². The molecule has 4 N–H and O–H groups in total. The number of rotatable bonds is 6. The normalized spacial score (nSPS) is 12.6. The van der Waals surface area contributed by atoms with E-state index in [0.717, 1.165) is 25.9 Å². The fourth-order valence-electron chi connectivity index (χ4n) is 0.870. The predicted octanol–water partition coefficient (Wildman–Crippen LogP) is 0.554. The lowest BCUT2D eigenvalue weighted by Crippen LogP contribution is -2.41. The number of hydrogen-bond donors (Lipinski definition) is 3. The summed E-state index contributed by atoms with van der Waals surface area (Å²) in [5, 5.41) is 14.5. The molecule has 4 heteroatoms. The molecule has 0 aromatic heterocycles. The summed E-state index contributed by atoms with van der Waals surface area (Å²) in [4.78, 5) is 0. The Morgan fingerprint density at radius 2 is 2.17 bits per heavy atom. The van der Waals surface area contributed by atoms with Crippen LogP contribution in [-0.4, -0.2) is 30.1 Å². The Labute approximate surface area is 73.8 Å². The molecule has 0 rings (SSSR count). The second-order valence-electron chi connectivity index (χ2n) is 3.39. The van der Waals surface area contributed by atoms with E-state index in [-0.39, 0.29) is 5.54 Å². The Morgan fingerprint density at radius 3 is 2.67 bits per heavy atom. The van der Waals surface area contributed by atoms with E-state index in [2.05, 4.69) is 10.5 Å². The quantitative estimate of drug-likeness (QED) is 0.238. The van der Waals surface area contributed by atoms with Crippen molar-refractivity contribution in [3.05, 3.63) is 0 Å². The van der Waals surface area contributed by atoms with Gasteiger partial charge in [0.25, 0.3) is 0 Å². The largest absolute Gasteiger partial charge is 0.411 e. The molecule has 0 aliphatic rings. The van der Waals surface area contributed by atoms with Crippen LogP contribution in [0.25, 0.3) is 0 Å². The second kappa shape index (κ2) is 5.97. The number of unbranched alkanes of at least 4 members (excludes halogenated alkanes) is 1. The van der Waals surface area contributed by atoms with Gasteiger partial charge in [0.15, 0.2) is 0 Å². The highest BCUT2D eigenvalue weighted by molar-refractivity contribution is 5.68. The van der Waals surface area contributed by atoms with E-state index in [9.17, 15) is 0 Å². The molecule has 0 radical (unpaired) electrons. The average molecular weight is 173 g/mol. The molecule has 0 bridgehead atoms. The molecular formula is C8H19N3O. The lowest BCUT2D eigenvalue weighted by Gasteiger charge is -2.20. The maximum Gasteiger partial charge on any atom is 0.0631 e. The van der Waals surface area contributed by atoms with E-state index in [1.165, 1.54) is 6.21 Å². The second-order valence-corrected chi connectivity index (χ2v) is 3.39. The average Bonchev–Trinajstić information content (AvgIpc) is 1.98. The minimum atomic E-state index is -0.233. The first-order valence-corrected chi connectivity index (χ1v) is 4.26. The van der Waals surface area contributed by atoms with Gasteiger partial charge in [0.1, 0.15) is 0 Å². The third-order valence-corrected chi connectivity index (χ3v) is 1.59. The molecule has 0 aliphatic heterocycles. The van der Waals surface area contributed by atoms with Crippen LogP contribution in [0.15, 0.2) is 5.16 Å². The third-order valence-electron chi connectivity index (χ3n) is 1.59. The molecule has 0 aromatic rings. The lowest BCUT2D eigenvalue weighted by molar-refractivity contribution is 0.315. The van der Waals surface area contributed by atoms with Crippen LogP contribution in [0.1, 0.15) is 26.7 Å². The Bertz CT molecular complexity index is 134. The van der Waals surface area contributed by atoms with Gasteiger partial charge in [0, 0.05) is 0 Å². The van der Waals surface area contributed by atoms with Crippen LogP contribution in [0, 0.1) is 0 Å². The Kier molecular flexibility index (Phi) is 5.66. The van der Waals surface area contributed by atoms with Gasteiger partial charge in [-0.25, -0.2) is 0 Å². The van der Waals surface area contributed by atoms with E-state index in [1.54, 1.807) is 0 Å². The van der Waals surface area contributed by atoms with Crippen molar-refractivity contribution in [3.63, 3.8) is 0 Å². The van der Waals surface area contributed by atoms with Crippen LogP contribution >= 0.6 is 0 Å². The molecule has 0 fully saturated rings. The minimum Gasteiger partial charge on any atom is -0.411 e. The van der Waals surface area contributed by atoms with Gasteiger partial charge in [-0.15, -0.1) is 5.16 Å². The zero-order chi connectivity index (χ0) is 9.45. The highest BCUT2D eigenvalue weighted by Gasteiger charge is 2.12. The highest BCUT2D eigenvalue weighted by atomic mass is 16.4. The van der Waals surface area contributed by atoms with Gasteiger partial charge >= 0.3 is 0 Å². The van der Waals surface area contributed by atoms with Crippen LogP contribution in [0.5, 0.6) is 0 Å². The molecule has 4 nitrogen and oxygen atoms in total. The maximum absolute atomic E-state index is 8.31. The van der Waals surface area contributed by atoms with Crippen molar-refractivity contribution >= 4 is 6.21 Å². The number of nitrogens with one attached hydrogen (secondary N) is 1. The van der Waals surface area contributed by atoms with Crippen LogP contribution in [0.2, 0.25) is 0 Å². The smallest absolute Gasteiger partial charge is 0.0631 e. The zero-order valence-corrected chi connectivity index (χ0v) is 7.88. The molecule has 0 saturated heterocycles. The monoisotopic (exact) mass is 173 g/mol. The summed E-state index contributed by atoms with van der Waals surface area (Å²) in [6, 6.07) is 0. The maximum atomic E-state index is 8.31. The zero-order valence-electron chi connectivity index (χ0n) is 7.88. The summed E-state index contributed by atoms with van der Waals surface area (Å²) in [5.41, 5.74) is 5.11. The Hall–Kier alpha value is -0.610. The first kappa shape index (κ1) is 11.4. The fourth-order valence-corrected chi connectivity index (χ4v) is 0.870. The lowest BCUT2D eigenvalue weighted by atomic mass is 10.1. The van der Waals surface area contributed by atoms with E-state index in [1.807, 2.05) is 13.8 Å². The number of hydrogen-bond acceptors (Lipinski definition) is 4. The van der Waals surface area contributed by atoms with Gasteiger partial charge in [-0.2, -0.15) is 0 Å². The van der Waals surface area contributed by atoms with Crippen molar-refractivity contribution in [2.75, 3.05) is 13.1 Å². The molecule has 0 spiro atoms. The van der Waals surface area contributed by atoms with E-state index < -0.39 is 0 Å². The molecule has 72 valence electrons. The molecule has 12 heavy (non-hydrogen) atoms. The molecule has 0 saturated carbocycles. The number of nitrogens with two attached hydrogens (primary N) is 1. The Balaban J connectivity index is 3.47. The first-order valence-electron chi connectivity index (χ1n) is 4.26. The van der Waals surface area contributed by atoms with E-state index in [0.29, 0.717) is 0 Å². The van der Waals surface area contributed by atoms with Gasteiger partial charge in [-0.3, -0.25) is 0 Å². The van der Waals surface area contributed by atoms with Crippen molar-refractivity contribution in [1.82, 2.24) is 5.32 Å². The van der Waals surface area contributed by atoms with Gasteiger partial charge in [0.05, 0.1) is 11.8 Å². The third kappa shape index (κ3) is 6.12. The van der Waals surface area contributed by atoms with Crippen molar-refractivity contribution in [3.8, 4) is 0 Å². The van der Waals surface area contributed by atoms with Gasteiger partial charge in [-0.1, -0.05) is 0 Å². The SMILES string of the molecule is CC(C)(/C=N/O)NCCCCN. The van der Waals surface area contributed by atoms with E-state index >= 15 is 0 Å². The molecular weight excluding hydrogens is 154 g/mol. The van der Waals surface area contributed by atoms with Crippen molar-refractivity contribution in [2.24, 2.45) is 10.9 Å². The fraction of sp³-hybridized carbons (Fsp3) is 0.875. The first-order chi connectivity index (χ1) is 5.62. The van der Waals surface area contributed by atoms with E-state index in [4.69, 9.17) is 10.9 Å². The molecule has 0 amide bonds. The molecule has 0 atom stereocenters. The van der Waals surface area contributed by atoms with Crippen molar-refractivity contribution in [2.45, 2.75) is 32.2 Å². The molecule has 0 unspecified atom stereocenters. The minimum absolute atomic E-state index is 0.233. The molecule has 0 aliphatic carbocycles. The topological polar surface area (TPSA) is 70.6 Å². The van der Waals surface area contributed by atoms with Gasteiger partial charge in [-0.05, 0) is 39.8 Å². The van der Waals surface area contributed by atoms with Crippen molar-refractivity contribution < 1.29 is 5.21 Å². The van der Waals surface area contributed by atoms with Crippen molar-refractivity contribution in [1.29, 1.82) is 0 Å². The summed E-state index contributed by atoms with van der Waals surface area (Å²) in [6.07, 6.45) is 3.56. The number of nitrogens with zero attached hydrogens (tertiary/aromatic N) is 1. The molecule has 0 heterocycles. The number of oxime groups is 1. The summed E-state index contributed by atoms with van der Waals surface area (Å²) in [7, 11) is 0. The van der Waals surface area contributed by atoms with Gasteiger partial charge in [0.2, 0.25) is 0 Å².